The number of thiazole rings is 1. The molecule has 0 fully saturated rings. The second-order valence-corrected chi connectivity index (χ2v) is 6.92. The summed E-state index contributed by atoms with van der Waals surface area (Å²) in [5.41, 5.74) is 1.17. The van der Waals surface area contributed by atoms with Gasteiger partial charge in [-0.05, 0) is 5.56 Å². The maximum atomic E-state index is 12.4. The SMILES string of the molecule is CC(C)c1nc(NC(=O)c2cnc(Cc3ccccc3)s2)n(C)n1. The fourth-order valence-corrected chi connectivity index (χ4v) is 3.04. The Kier molecular flexibility index (Phi) is 4.71. The quantitative estimate of drug-likeness (QED) is 0.773. The number of nitrogens with one attached hydrogen (secondary N) is 1. The van der Waals surface area contributed by atoms with Gasteiger partial charge in [0.2, 0.25) is 5.95 Å². The van der Waals surface area contributed by atoms with Crippen molar-refractivity contribution in [1.29, 1.82) is 0 Å². The molecule has 0 atom stereocenters. The fourth-order valence-electron chi connectivity index (χ4n) is 2.19. The molecule has 2 aromatic heterocycles. The van der Waals surface area contributed by atoms with E-state index in [9.17, 15) is 4.79 Å². The number of anilines is 1. The summed E-state index contributed by atoms with van der Waals surface area (Å²) < 4.78 is 1.58. The van der Waals surface area contributed by atoms with Crippen LogP contribution in [-0.2, 0) is 13.5 Å². The first-order valence-electron chi connectivity index (χ1n) is 7.74. The van der Waals surface area contributed by atoms with E-state index in [4.69, 9.17) is 0 Å². The summed E-state index contributed by atoms with van der Waals surface area (Å²) >= 11 is 1.39. The minimum Gasteiger partial charge on any atom is -0.290 e. The van der Waals surface area contributed by atoms with E-state index in [0.29, 0.717) is 16.6 Å². The van der Waals surface area contributed by atoms with Crippen LogP contribution in [0.1, 0.15) is 45.8 Å². The first kappa shape index (κ1) is 16.3. The van der Waals surface area contributed by atoms with Gasteiger partial charge in [-0.3, -0.25) is 10.1 Å². The van der Waals surface area contributed by atoms with Crippen molar-refractivity contribution in [3.8, 4) is 0 Å². The molecule has 0 aliphatic rings. The maximum absolute atomic E-state index is 12.4. The van der Waals surface area contributed by atoms with Gasteiger partial charge in [-0.25, -0.2) is 9.67 Å². The smallest absolute Gasteiger partial charge is 0.269 e. The van der Waals surface area contributed by atoms with Crippen LogP contribution in [-0.4, -0.2) is 25.7 Å². The summed E-state index contributed by atoms with van der Waals surface area (Å²) in [5, 5.41) is 8.01. The number of amides is 1. The summed E-state index contributed by atoms with van der Waals surface area (Å²) in [7, 11) is 1.77. The van der Waals surface area contributed by atoms with Gasteiger partial charge in [0.1, 0.15) is 4.88 Å². The van der Waals surface area contributed by atoms with E-state index < -0.39 is 0 Å². The van der Waals surface area contributed by atoms with E-state index in [1.807, 2.05) is 44.2 Å². The number of carbonyl (C=O) groups is 1. The number of carbonyl (C=O) groups excluding carboxylic acids is 1. The van der Waals surface area contributed by atoms with E-state index in [1.54, 1.807) is 17.9 Å². The molecule has 0 unspecified atom stereocenters. The molecule has 24 heavy (non-hydrogen) atoms. The van der Waals surface area contributed by atoms with E-state index in [0.717, 1.165) is 11.4 Å². The van der Waals surface area contributed by atoms with Crippen molar-refractivity contribution in [2.24, 2.45) is 7.05 Å². The molecule has 0 radical (unpaired) electrons. The molecule has 0 spiro atoms. The molecular weight excluding hydrogens is 322 g/mol. The molecule has 0 aliphatic heterocycles. The summed E-state index contributed by atoms with van der Waals surface area (Å²) in [5.74, 6) is 1.16. The third-order valence-electron chi connectivity index (χ3n) is 3.50. The second-order valence-electron chi connectivity index (χ2n) is 5.81. The lowest BCUT2D eigenvalue weighted by Gasteiger charge is -2.00. The van der Waals surface area contributed by atoms with Crippen LogP contribution in [0.2, 0.25) is 0 Å². The highest BCUT2D eigenvalue weighted by Crippen LogP contribution is 2.19. The van der Waals surface area contributed by atoms with Crippen LogP contribution < -0.4 is 5.32 Å². The monoisotopic (exact) mass is 341 g/mol. The van der Waals surface area contributed by atoms with E-state index in [-0.39, 0.29) is 11.8 Å². The van der Waals surface area contributed by atoms with Crippen molar-refractivity contribution >= 4 is 23.2 Å². The fraction of sp³-hybridized carbons (Fsp3) is 0.294. The molecular formula is C17H19N5OS. The van der Waals surface area contributed by atoms with Crippen LogP contribution in [0, 0.1) is 0 Å². The predicted octanol–water partition coefficient (Wildman–Crippen LogP) is 3.24. The number of hydrogen-bond donors (Lipinski definition) is 1. The summed E-state index contributed by atoms with van der Waals surface area (Å²) in [6.45, 7) is 4.03. The van der Waals surface area contributed by atoms with Crippen LogP contribution in [0.3, 0.4) is 0 Å². The zero-order chi connectivity index (χ0) is 17.1. The lowest BCUT2D eigenvalue weighted by Crippen LogP contribution is -2.14. The van der Waals surface area contributed by atoms with E-state index in [2.05, 4.69) is 20.4 Å². The van der Waals surface area contributed by atoms with Gasteiger partial charge < -0.3 is 0 Å². The molecule has 0 aliphatic carbocycles. The Morgan fingerprint density at radius 1 is 1.29 bits per heavy atom. The van der Waals surface area contributed by atoms with Gasteiger partial charge in [0.15, 0.2) is 5.82 Å². The number of aryl methyl sites for hydroxylation is 1. The third kappa shape index (κ3) is 3.68. The molecule has 3 aromatic rings. The van der Waals surface area contributed by atoms with Gasteiger partial charge in [-0.1, -0.05) is 44.2 Å². The largest absolute Gasteiger partial charge is 0.290 e. The van der Waals surface area contributed by atoms with Crippen molar-refractivity contribution in [2.45, 2.75) is 26.2 Å². The van der Waals surface area contributed by atoms with Crippen LogP contribution in [0.15, 0.2) is 36.5 Å². The number of nitrogens with zero attached hydrogens (tertiary/aromatic N) is 4. The summed E-state index contributed by atoms with van der Waals surface area (Å²) in [4.78, 5) is 21.7. The molecule has 0 bridgehead atoms. The third-order valence-corrected chi connectivity index (χ3v) is 4.49. The van der Waals surface area contributed by atoms with Crippen molar-refractivity contribution in [3.05, 3.63) is 57.8 Å². The molecule has 1 N–H and O–H groups in total. The number of hydrogen-bond acceptors (Lipinski definition) is 5. The zero-order valence-corrected chi connectivity index (χ0v) is 14.7. The Labute approximate surface area is 144 Å². The molecule has 2 heterocycles. The second kappa shape index (κ2) is 6.92. The molecule has 6 nitrogen and oxygen atoms in total. The molecule has 1 aromatic carbocycles. The standard InChI is InChI=1S/C17H19N5OS/c1-11(2)15-19-17(22(3)21-15)20-16(23)13-10-18-14(24-13)9-12-7-5-4-6-8-12/h4-8,10-11H,9H2,1-3H3,(H,19,20,21,23). The Morgan fingerprint density at radius 2 is 2.04 bits per heavy atom. The van der Waals surface area contributed by atoms with Crippen LogP contribution in [0.4, 0.5) is 5.95 Å². The Bertz CT molecular complexity index is 838. The van der Waals surface area contributed by atoms with Crippen molar-refractivity contribution < 1.29 is 4.79 Å². The highest BCUT2D eigenvalue weighted by atomic mass is 32.1. The Hall–Kier alpha value is -2.54. The van der Waals surface area contributed by atoms with E-state index in [1.165, 1.54) is 16.9 Å². The highest BCUT2D eigenvalue weighted by Gasteiger charge is 2.16. The van der Waals surface area contributed by atoms with Crippen molar-refractivity contribution in [3.63, 3.8) is 0 Å². The van der Waals surface area contributed by atoms with Crippen molar-refractivity contribution in [2.75, 3.05) is 5.32 Å². The molecule has 0 saturated carbocycles. The van der Waals surface area contributed by atoms with Gasteiger partial charge in [0.25, 0.3) is 5.91 Å². The normalized spacial score (nSPS) is 11.0. The summed E-state index contributed by atoms with van der Waals surface area (Å²) in [6, 6.07) is 10.1. The van der Waals surface area contributed by atoms with Gasteiger partial charge in [-0.15, -0.1) is 11.3 Å². The molecule has 7 heteroatoms. The molecule has 124 valence electrons. The van der Waals surface area contributed by atoms with E-state index >= 15 is 0 Å². The maximum Gasteiger partial charge on any atom is 0.269 e. The van der Waals surface area contributed by atoms with Crippen LogP contribution >= 0.6 is 11.3 Å². The first-order chi connectivity index (χ1) is 11.5. The highest BCUT2D eigenvalue weighted by molar-refractivity contribution is 7.13. The van der Waals surface area contributed by atoms with Crippen molar-refractivity contribution in [1.82, 2.24) is 19.7 Å². The minimum absolute atomic E-state index is 0.211. The average Bonchev–Trinajstić information content (AvgIpc) is 3.16. The number of benzene rings is 1. The van der Waals surface area contributed by atoms with Gasteiger partial charge in [-0.2, -0.15) is 10.1 Å². The number of aromatic nitrogens is 4. The van der Waals surface area contributed by atoms with Crippen LogP contribution in [0.5, 0.6) is 0 Å². The van der Waals surface area contributed by atoms with Gasteiger partial charge in [0.05, 0.1) is 11.2 Å². The topological polar surface area (TPSA) is 72.7 Å². The Balaban J connectivity index is 1.70. The predicted molar refractivity (Wildman–Crippen MR) is 94.4 cm³/mol. The molecule has 0 saturated heterocycles. The first-order valence-corrected chi connectivity index (χ1v) is 8.55. The van der Waals surface area contributed by atoms with Crippen LogP contribution in [0.25, 0.3) is 0 Å². The lowest BCUT2D eigenvalue weighted by atomic mass is 10.2. The minimum atomic E-state index is -0.211. The number of rotatable bonds is 5. The van der Waals surface area contributed by atoms with Gasteiger partial charge >= 0.3 is 0 Å². The molecule has 3 rings (SSSR count). The zero-order valence-electron chi connectivity index (χ0n) is 13.9. The Morgan fingerprint density at radius 3 is 2.71 bits per heavy atom. The summed E-state index contributed by atoms with van der Waals surface area (Å²) in [6.07, 6.45) is 2.33. The molecule has 1 amide bonds. The van der Waals surface area contributed by atoms with Gasteiger partial charge in [0, 0.05) is 19.4 Å². The lowest BCUT2D eigenvalue weighted by molar-refractivity contribution is 0.102. The average molecular weight is 341 g/mol.